The SMILES string of the molecule is C1=C(Oc2cccnc2)NO[C@H]1c1ccc(-c2ccccc2)cc1. The van der Waals surface area contributed by atoms with Gasteiger partial charge in [-0.1, -0.05) is 54.6 Å². The minimum Gasteiger partial charge on any atom is -0.438 e. The van der Waals surface area contributed by atoms with E-state index >= 15 is 0 Å². The van der Waals surface area contributed by atoms with E-state index < -0.39 is 0 Å². The van der Waals surface area contributed by atoms with E-state index in [0.29, 0.717) is 11.6 Å². The number of aromatic nitrogens is 1. The predicted molar refractivity (Wildman–Crippen MR) is 91.8 cm³/mol. The molecule has 1 N–H and O–H groups in total. The van der Waals surface area contributed by atoms with E-state index in [1.54, 1.807) is 12.4 Å². The zero-order valence-electron chi connectivity index (χ0n) is 12.9. The molecule has 0 radical (unpaired) electrons. The summed E-state index contributed by atoms with van der Waals surface area (Å²) in [5.41, 5.74) is 6.25. The van der Waals surface area contributed by atoms with Crippen LogP contribution in [0.4, 0.5) is 0 Å². The Hall–Kier alpha value is -3.11. The van der Waals surface area contributed by atoms with E-state index in [2.05, 4.69) is 46.9 Å². The van der Waals surface area contributed by atoms with Gasteiger partial charge in [-0.2, -0.15) is 0 Å². The third kappa shape index (κ3) is 3.14. The number of hydrogen-bond donors (Lipinski definition) is 1. The van der Waals surface area contributed by atoms with Gasteiger partial charge in [0.2, 0.25) is 5.88 Å². The molecule has 0 aliphatic carbocycles. The molecule has 1 aromatic heterocycles. The number of benzene rings is 2. The molecular weight excluding hydrogens is 300 g/mol. The van der Waals surface area contributed by atoms with Gasteiger partial charge in [0.1, 0.15) is 11.9 Å². The van der Waals surface area contributed by atoms with Crippen molar-refractivity contribution >= 4 is 0 Å². The molecule has 24 heavy (non-hydrogen) atoms. The number of rotatable bonds is 4. The Labute approximate surface area is 140 Å². The second-order valence-corrected chi connectivity index (χ2v) is 5.45. The molecule has 0 spiro atoms. The number of ether oxygens (including phenoxy) is 1. The fourth-order valence-electron chi connectivity index (χ4n) is 2.58. The van der Waals surface area contributed by atoms with Crippen LogP contribution in [0.15, 0.2) is 91.1 Å². The van der Waals surface area contributed by atoms with Gasteiger partial charge in [-0.3, -0.25) is 9.82 Å². The van der Waals surface area contributed by atoms with Crippen LogP contribution in [-0.2, 0) is 4.84 Å². The highest BCUT2D eigenvalue weighted by Crippen LogP contribution is 2.27. The molecule has 0 amide bonds. The Kier molecular flexibility index (Phi) is 3.96. The van der Waals surface area contributed by atoms with Crippen LogP contribution in [-0.4, -0.2) is 4.98 Å². The first kappa shape index (κ1) is 14.5. The summed E-state index contributed by atoms with van der Waals surface area (Å²) in [7, 11) is 0. The van der Waals surface area contributed by atoms with E-state index in [1.807, 2.05) is 36.4 Å². The van der Waals surface area contributed by atoms with Crippen molar-refractivity contribution in [2.75, 3.05) is 0 Å². The first-order valence-electron chi connectivity index (χ1n) is 7.75. The average molecular weight is 316 g/mol. The van der Waals surface area contributed by atoms with Gasteiger partial charge in [0, 0.05) is 12.3 Å². The van der Waals surface area contributed by atoms with Crippen molar-refractivity contribution in [3.05, 3.63) is 96.6 Å². The number of pyridine rings is 1. The molecule has 0 saturated heterocycles. The standard InChI is InChI=1S/C20H16N2O2/c1-2-5-15(6-3-1)16-8-10-17(11-9-16)19-13-20(22-24-19)23-18-7-4-12-21-14-18/h1-14,19,22H/t19-/m1/s1. The largest absolute Gasteiger partial charge is 0.438 e. The monoisotopic (exact) mass is 316 g/mol. The van der Waals surface area contributed by atoms with Gasteiger partial charge in [0.05, 0.1) is 6.20 Å². The van der Waals surface area contributed by atoms with Crippen LogP contribution in [0, 0.1) is 0 Å². The van der Waals surface area contributed by atoms with Gasteiger partial charge in [0.15, 0.2) is 0 Å². The maximum atomic E-state index is 5.68. The lowest BCUT2D eigenvalue weighted by Gasteiger charge is -2.08. The lowest BCUT2D eigenvalue weighted by molar-refractivity contribution is 0.0273. The molecule has 0 saturated carbocycles. The summed E-state index contributed by atoms with van der Waals surface area (Å²) in [6.07, 6.45) is 5.09. The molecule has 0 unspecified atom stereocenters. The van der Waals surface area contributed by atoms with Crippen molar-refractivity contribution in [2.45, 2.75) is 6.10 Å². The van der Waals surface area contributed by atoms with E-state index in [4.69, 9.17) is 9.57 Å². The summed E-state index contributed by atoms with van der Waals surface area (Å²) in [5.74, 6) is 1.24. The highest BCUT2D eigenvalue weighted by Gasteiger charge is 2.19. The molecule has 0 bridgehead atoms. The third-order valence-corrected chi connectivity index (χ3v) is 3.80. The summed E-state index contributed by atoms with van der Waals surface area (Å²) < 4.78 is 5.68. The van der Waals surface area contributed by atoms with E-state index in [1.165, 1.54) is 11.1 Å². The molecule has 1 aliphatic rings. The first-order chi connectivity index (χ1) is 11.9. The van der Waals surface area contributed by atoms with E-state index in [9.17, 15) is 0 Å². The summed E-state index contributed by atoms with van der Waals surface area (Å²) >= 11 is 0. The van der Waals surface area contributed by atoms with E-state index in [0.717, 1.165) is 5.56 Å². The summed E-state index contributed by atoms with van der Waals surface area (Å²) in [5, 5.41) is 0. The maximum Gasteiger partial charge on any atom is 0.216 e. The van der Waals surface area contributed by atoms with Gasteiger partial charge in [-0.15, -0.1) is 0 Å². The smallest absolute Gasteiger partial charge is 0.216 e. The maximum absolute atomic E-state index is 5.68. The topological polar surface area (TPSA) is 43.4 Å². The second-order valence-electron chi connectivity index (χ2n) is 5.45. The predicted octanol–water partition coefficient (Wildman–Crippen LogP) is 4.24. The molecule has 3 aromatic rings. The van der Waals surface area contributed by atoms with Gasteiger partial charge in [0.25, 0.3) is 0 Å². The molecule has 118 valence electrons. The van der Waals surface area contributed by atoms with Crippen LogP contribution >= 0.6 is 0 Å². The zero-order chi connectivity index (χ0) is 16.2. The van der Waals surface area contributed by atoms with Crippen molar-refractivity contribution in [2.24, 2.45) is 0 Å². The molecule has 2 aromatic carbocycles. The molecule has 0 fully saturated rings. The highest BCUT2D eigenvalue weighted by atomic mass is 16.7. The van der Waals surface area contributed by atoms with Gasteiger partial charge < -0.3 is 4.74 Å². The van der Waals surface area contributed by atoms with Crippen molar-refractivity contribution in [1.82, 2.24) is 10.5 Å². The van der Waals surface area contributed by atoms with Crippen LogP contribution in [0.25, 0.3) is 11.1 Å². The fraction of sp³-hybridized carbons (Fsp3) is 0.0500. The van der Waals surface area contributed by atoms with Gasteiger partial charge >= 0.3 is 0 Å². The van der Waals surface area contributed by atoms with E-state index in [-0.39, 0.29) is 6.10 Å². The fourth-order valence-corrected chi connectivity index (χ4v) is 2.58. The number of hydroxylamine groups is 1. The number of hydrogen-bond acceptors (Lipinski definition) is 4. The van der Waals surface area contributed by atoms with Crippen LogP contribution in [0.1, 0.15) is 11.7 Å². The molecule has 1 aliphatic heterocycles. The van der Waals surface area contributed by atoms with Gasteiger partial charge in [-0.25, -0.2) is 5.48 Å². The summed E-state index contributed by atoms with van der Waals surface area (Å²) in [4.78, 5) is 9.60. The normalized spacial score (nSPS) is 16.3. The Morgan fingerprint density at radius 2 is 1.67 bits per heavy atom. The molecule has 2 heterocycles. The molecule has 4 heteroatoms. The zero-order valence-corrected chi connectivity index (χ0v) is 12.9. The Morgan fingerprint density at radius 1 is 0.875 bits per heavy atom. The van der Waals surface area contributed by atoms with Crippen molar-refractivity contribution in [1.29, 1.82) is 0 Å². The summed E-state index contributed by atoms with van der Waals surface area (Å²) in [6.45, 7) is 0. The van der Waals surface area contributed by atoms with Crippen LogP contribution in [0.2, 0.25) is 0 Å². The molecule has 4 nitrogen and oxygen atoms in total. The number of nitrogens with one attached hydrogen (secondary N) is 1. The third-order valence-electron chi connectivity index (χ3n) is 3.80. The van der Waals surface area contributed by atoms with Crippen molar-refractivity contribution in [3.63, 3.8) is 0 Å². The first-order valence-corrected chi connectivity index (χ1v) is 7.75. The Balaban J connectivity index is 1.48. The van der Waals surface area contributed by atoms with Crippen LogP contribution < -0.4 is 10.2 Å². The highest BCUT2D eigenvalue weighted by molar-refractivity contribution is 5.63. The lowest BCUT2D eigenvalue weighted by atomic mass is 10.0. The molecule has 1 atom stereocenters. The summed E-state index contributed by atoms with van der Waals surface area (Å²) in [6, 6.07) is 22.3. The van der Waals surface area contributed by atoms with Gasteiger partial charge in [-0.05, 0) is 28.8 Å². The average Bonchev–Trinajstić information content (AvgIpc) is 3.12. The quantitative estimate of drug-likeness (QED) is 0.781. The minimum atomic E-state index is -0.179. The Morgan fingerprint density at radius 3 is 2.42 bits per heavy atom. The van der Waals surface area contributed by atoms with Crippen LogP contribution in [0.3, 0.4) is 0 Å². The number of nitrogens with zero attached hydrogens (tertiary/aromatic N) is 1. The van der Waals surface area contributed by atoms with Crippen molar-refractivity contribution in [3.8, 4) is 16.9 Å². The van der Waals surface area contributed by atoms with Crippen molar-refractivity contribution < 1.29 is 9.57 Å². The molecular formula is C20H16N2O2. The Bertz CT molecular complexity index is 831. The minimum absolute atomic E-state index is 0.179. The molecule has 4 rings (SSSR count). The van der Waals surface area contributed by atoms with Crippen LogP contribution in [0.5, 0.6) is 5.75 Å². The second kappa shape index (κ2) is 6.56. The lowest BCUT2D eigenvalue weighted by Crippen LogP contribution is -2.12.